The van der Waals surface area contributed by atoms with E-state index in [2.05, 4.69) is 0 Å². The first-order chi connectivity index (χ1) is 17.1. The van der Waals surface area contributed by atoms with Gasteiger partial charge in [-0.3, -0.25) is 0 Å². The first-order valence-corrected chi connectivity index (χ1v) is 11.3. The fourth-order valence-corrected chi connectivity index (χ4v) is 3.60. The Kier molecular flexibility index (Phi) is 9.37. The average molecular weight is 507 g/mol. The number of hydrogen-bond donors (Lipinski definition) is 5. The molecule has 7 atom stereocenters. The van der Waals surface area contributed by atoms with Crippen molar-refractivity contribution in [2.45, 2.75) is 56.8 Å². The van der Waals surface area contributed by atoms with Crippen LogP contribution in [0.25, 0.3) is 6.08 Å². The summed E-state index contributed by atoms with van der Waals surface area (Å²) in [5.74, 6) is -1.38. The lowest BCUT2D eigenvalue weighted by Crippen LogP contribution is -2.59. The van der Waals surface area contributed by atoms with E-state index in [0.717, 1.165) is 11.6 Å². The van der Waals surface area contributed by atoms with Gasteiger partial charge in [0, 0.05) is 6.08 Å². The Hall–Kier alpha value is -3.06. The van der Waals surface area contributed by atoms with E-state index in [1.54, 1.807) is 32.1 Å². The van der Waals surface area contributed by atoms with Crippen LogP contribution in [0.3, 0.4) is 0 Å². The second-order valence-corrected chi connectivity index (χ2v) is 8.62. The number of ether oxygens (including phenoxy) is 4. The van der Waals surface area contributed by atoms with Crippen LogP contribution < -0.4 is 0 Å². The number of cyclic esters (lactones) is 1. The normalized spacial score (nSPS) is 31.4. The summed E-state index contributed by atoms with van der Waals surface area (Å²) in [5, 5.41) is 50.2. The van der Waals surface area contributed by atoms with Gasteiger partial charge in [0.05, 0.1) is 12.2 Å². The van der Waals surface area contributed by atoms with E-state index in [4.69, 9.17) is 18.9 Å². The molecule has 0 amide bonds. The van der Waals surface area contributed by atoms with Crippen molar-refractivity contribution < 1.29 is 54.1 Å². The molecule has 0 saturated carbocycles. The van der Waals surface area contributed by atoms with E-state index in [0.29, 0.717) is 5.56 Å². The summed E-state index contributed by atoms with van der Waals surface area (Å²) in [6.45, 7) is 2.87. The fraction of sp³-hybridized carbons (Fsp3) is 0.440. The summed E-state index contributed by atoms with van der Waals surface area (Å²) in [7, 11) is 0. The molecular formula is C25H30O11. The Morgan fingerprint density at radius 2 is 1.75 bits per heavy atom. The third-order valence-electron chi connectivity index (χ3n) is 5.53. The molecule has 11 heteroatoms. The molecule has 2 fully saturated rings. The molecule has 0 aromatic heterocycles. The highest BCUT2D eigenvalue weighted by atomic mass is 16.7. The number of aromatic hydroxyl groups is 1. The van der Waals surface area contributed by atoms with Gasteiger partial charge in [0.25, 0.3) is 0 Å². The van der Waals surface area contributed by atoms with Gasteiger partial charge >= 0.3 is 11.9 Å². The van der Waals surface area contributed by atoms with Crippen molar-refractivity contribution >= 4 is 18.0 Å². The topological polar surface area (TPSA) is 172 Å². The lowest BCUT2D eigenvalue weighted by atomic mass is 9.99. The van der Waals surface area contributed by atoms with Gasteiger partial charge in [-0.1, -0.05) is 17.7 Å². The molecule has 0 radical (unpaired) electrons. The van der Waals surface area contributed by atoms with Crippen molar-refractivity contribution in [1.82, 2.24) is 0 Å². The summed E-state index contributed by atoms with van der Waals surface area (Å²) >= 11 is 0. The van der Waals surface area contributed by atoms with Gasteiger partial charge in [0.1, 0.15) is 42.9 Å². The molecule has 0 aliphatic carbocycles. The van der Waals surface area contributed by atoms with Gasteiger partial charge in [-0.05, 0) is 49.8 Å². The molecule has 3 rings (SSSR count). The monoisotopic (exact) mass is 506 g/mol. The third-order valence-corrected chi connectivity index (χ3v) is 5.53. The van der Waals surface area contributed by atoms with E-state index in [9.17, 15) is 35.1 Å². The number of aliphatic hydroxyl groups excluding tert-OH is 4. The van der Waals surface area contributed by atoms with Crippen LogP contribution in [0.5, 0.6) is 5.75 Å². The fourth-order valence-electron chi connectivity index (χ4n) is 3.60. The van der Waals surface area contributed by atoms with Crippen molar-refractivity contribution in [3.63, 3.8) is 0 Å². The van der Waals surface area contributed by atoms with Gasteiger partial charge in [0.2, 0.25) is 0 Å². The number of hydrogen-bond acceptors (Lipinski definition) is 11. The average Bonchev–Trinajstić information content (AvgIpc) is 3.09. The van der Waals surface area contributed by atoms with Crippen LogP contribution in [0.4, 0.5) is 0 Å². The lowest BCUT2D eigenvalue weighted by molar-refractivity contribution is -0.299. The quantitative estimate of drug-likeness (QED) is 0.182. The predicted octanol–water partition coefficient (Wildman–Crippen LogP) is -0.0483. The molecule has 0 unspecified atom stereocenters. The van der Waals surface area contributed by atoms with Crippen molar-refractivity contribution in [2.24, 2.45) is 0 Å². The highest BCUT2D eigenvalue weighted by Crippen LogP contribution is 2.25. The summed E-state index contributed by atoms with van der Waals surface area (Å²) in [6, 6.07) is 6.10. The summed E-state index contributed by atoms with van der Waals surface area (Å²) in [6.07, 6.45) is -3.99. The van der Waals surface area contributed by atoms with Crippen LogP contribution in [0.1, 0.15) is 19.4 Å². The smallest absolute Gasteiger partial charge is 0.337 e. The Balaban J connectivity index is 1.55. The molecule has 2 heterocycles. The van der Waals surface area contributed by atoms with Crippen LogP contribution in [-0.2, 0) is 28.5 Å². The molecular weight excluding hydrogens is 476 g/mol. The zero-order valence-electron chi connectivity index (χ0n) is 19.8. The molecule has 2 saturated heterocycles. The van der Waals surface area contributed by atoms with E-state index in [1.165, 1.54) is 24.3 Å². The molecule has 36 heavy (non-hydrogen) atoms. The zero-order valence-corrected chi connectivity index (χ0v) is 19.8. The van der Waals surface area contributed by atoms with Gasteiger partial charge in [-0.15, -0.1) is 0 Å². The Morgan fingerprint density at radius 1 is 1.06 bits per heavy atom. The SMILES string of the molecule is CC(C)=C[C@H]1OC(=O)C(=CCO[C@@H]2O[C@@H](COC(=O)C=Cc3ccc(O)cc3)[C@@H](O)[C@@H](O)[C@@H]2O)[C@@H]1O. The Bertz CT molecular complexity index is 1010. The van der Waals surface area contributed by atoms with Gasteiger partial charge < -0.3 is 44.5 Å². The molecule has 5 N–H and O–H groups in total. The number of carbonyl (C=O) groups is 2. The number of allylic oxidation sites excluding steroid dienone is 1. The number of esters is 2. The van der Waals surface area contributed by atoms with Gasteiger partial charge in [0.15, 0.2) is 12.4 Å². The van der Waals surface area contributed by atoms with Crippen molar-refractivity contribution in [3.05, 3.63) is 59.2 Å². The summed E-state index contributed by atoms with van der Waals surface area (Å²) in [4.78, 5) is 24.0. The largest absolute Gasteiger partial charge is 0.508 e. The minimum atomic E-state index is -1.66. The number of phenols is 1. The molecule has 1 aromatic rings. The number of phenolic OH excluding ortho intramolecular Hbond substituents is 1. The predicted molar refractivity (Wildman–Crippen MR) is 124 cm³/mol. The first kappa shape index (κ1) is 27.5. The van der Waals surface area contributed by atoms with E-state index in [1.807, 2.05) is 0 Å². The number of carbonyl (C=O) groups excluding carboxylic acids is 2. The Morgan fingerprint density at radius 3 is 2.42 bits per heavy atom. The van der Waals surface area contributed by atoms with Crippen LogP contribution in [0.15, 0.2) is 53.6 Å². The molecule has 196 valence electrons. The van der Waals surface area contributed by atoms with Crippen LogP contribution in [0.2, 0.25) is 0 Å². The molecule has 2 aliphatic rings. The zero-order chi connectivity index (χ0) is 26.4. The lowest BCUT2D eigenvalue weighted by Gasteiger charge is -2.39. The first-order valence-electron chi connectivity index (χ1n) is 11.3. The van der Waals surface area contributed by atoms with Crippen LogP contribution in [-0.4, -0.2) is 93.6 Å². The molecule has 1 aromatic carbocycles. The summed E-state index contributed by atoms with van der Waals surface area (Å²) in [5.41, 5.74) is 1.48. The molecule has 11 nitrogen and oxygen atoms in total. The summed E-state index contributed by atoms with van der Waals surface area (Å²) < 4.78 is 21.1. The minimum Gasteiger partial charge on any atom is -0.508 e. The second kappa shape index (κ2) is 12.3. The maximum Gasteiger partial charge on any atom is 0.337 e. The van der Waals surface area contributed by atoms with Gasteiger partial charge in [-0.2, -0.15) is 0 Å². The van der Waals surface area contributed by atoms with Crippen molar-refractivity contribution in [2.75, 3.05) is 13.2 Å². The third kappa shape index (κ3) is 7.00. The van der Waals surface area contributed by atoms with Crippen LogP contribution in [0, 0.1) is 0 Å². The van der Waals surface area contributed by atoms with Crippen molar-refractivity contribution in [1.29, 1.82) is 0 Å². The number of rotatable bonds is 8. The van der Waals surface area contributed by atoms with E-state index >= 15 is 0 Å². The van der Waals surface area contributed by atoms with E-state index < -0.39 is 61.5 Å². The maximum atomic E-state index is 12.0. The molecule has 2 aliphatic heterocycles. The van der Waals surface area contributed by atoms with Crippen molar-refractivity contribution in [3.8, 4) is 5.75 Å². The Labute approximate surface area is 207 Å². The highest BCUT2D eigenvalue weighted by Gasteiger charge is 2.45. The maximum absolute atomic E-state index is 12.0. The molecule has 0 spiro atoms. The van der Waals surface area contributed by atoms with E-state index in [-0.39, 0.29) is 17.9 Å². The standard InChI is InChI=1S/C25H30O11/c1-13(2)11-17-20(28)16(24(32)35-17)9-10-33-25-23(31)22(30)21(29)18(36-25)12-34-19(27)8-5-14-3-6-15(26)7-4-14/h3-9,11,17-18,20-23,25-26,28-31H,10,12H2,1-2H3/t17-,18+,20+,21-,22-,23+,25-/m1/s1. The number of aliphatic hydroxyl groups is 4. The number of benzene rings is 1. The molecule has 0 bridgehead atoms. The van der Waals surface area contributed by atoms with Crippen LogP contribution >= 0.6 is 0 Å². The minimum absolute atomic E-state index is 0.0192. The highest BCUT2D eigenvalue weighted by molar-refractivity contribution is 5.92. The van der Waals surface area contributed by atoms with Gasteiger partial charge in [-0.25, -0.2) is 9.59 Å². The second-order valence-electron chi connectivity index (χ2n) is 8.62.